The highest BCUT2D eigenvalue weighted by molar-refractivity contribution is 7.72. The Balaban J connectivity index is 1.33. The van der Waals surface area contributed by atoms with Gasteiger partial charge in [0.05, 0.1) is 0 Å². The third-order valence-corrected chi connectivity index (χ3v) is 15.7. The van der Waals surface area contributed by atoms with Gasteiger partial charge in [-0.2, -0.15) is 0 Å². The van der Waals surface area contributed by atoms with E-state index in [-0.39, 0.29) is 0 Å². The van der Waals surface area contributed by atoms with Crippen LogP contribution in [0.1, 0.15) is 22.3 Å². The van der Waals surface area contributed by atoms with E-state index < -0.39 is 15.8 Å². The Morgan fingerprint density at radius 1 is 0.296 bits per heavy atom. The molecular formula is C52H42P2. The zero-order valence-electron chi connectivity index (χ0n) is 30.4. The fourth-order valence-electron chi connectivity index (χ4n) is 8.22. The van der Waals surface area contributed by atoms with E-state index in [9.17, 15) is 0 Å². The molecule has 9 rings (SSSR count). The molecule has 0 atom stereocenters. The molecule has 0 nitrogen and oxygen atoms in total. The highest BCUT2D eigenvalue weighted by atomic mass is 31.1. The topological polar surface area (TPSA) is 0 Å². The maximum absolute atomic E-state index is 2.45. The number of aryl methyl sites for hydroxylation is 2. The predicted octanol–water partition coefficient (Wildman–Crippen LogP) is 12.1. The summed E-state index contributed by atoms with van der Waals surface area (Å²) in [5.41, 5.74) is 14.1. The molecule has 54 heavy (non-hydrogen) atoms. The van der Waals surface area contributed by atoms with Crippen LogP contribution < -0.4 is 21.2 Å². The number of fused-ring (bicyclic) bond motifs is 3. The molecule has 0 unspecified atom stereocenters. The summed E-state index contributed by atoms with van der Waals surface area (Å²) >= 11 is 0. The van der Waals surface area contributed by atoms with Crippen LogP contribution >= 0.6 is 15.8 Å². The SMILES string of the molecule is c1ccc(-c2ccc3c(c2CP(c2ccccc2)c2ccccc2)-c2c(ccc(-c4ccccc4)c2CP(c2ccccc2)c2ccccc2)CC3)cc1. The lowest BCUT2D eigenvalue weighted by atomic mass is 9.77. The first kappa shape index (κ1) is 34.4. The molecule has 0 fully saturated rings. The molecule has 1 aliphatic rings. The van der Waals surface area contributed by atoms with Gasteiger partial charge in [-0.15, -0.1) is 0 Å². The molecule has 0 radical (unpaired) electrons. The first-order chi connectivity index (χ1) is 26.8. The summed E-state index contributed by atoms with van der Waals surface area (Å²) < 4.78 is 0. The van der Waals surface area contributed by atoms with E-state index >= 15 is 0 Å². The predicted molar refractivity (Wildman–Crippen MR) is 236 cm³/mol. The van der Waals surface area contributed by atoms with Crippen LogP contribution in [0, 0.1) is 0 Å². The summed E-state index contributed by atoms with van der Waals surface area (Å²) in [5, 5.41) is 5.67. The quantitative estimate of drug-likeness (QED) is 0.123. The molecule has 1 aliphatic carbocycles. The highest BCUT2D eigenvalue weighted by Gasteiger charge is 2.30. The molecule has 0 heterocycles. The summed E-state index contributed by atoms with van der Waals surface area (Å²) in [6, 6.07) is 77.0. The van der Waals surface area contributed by atoms with Crippen molar-refractivity contribution >= 4 is 37.1 Å². The van der Waals surface area contributed by atoms with Crippen LogP contribution in [0.25, 0.3) is 33.4 Å². The molecule has 2 heteroatoms. The average Bonchev–Trinajstić information content (AvgIpc) is 3.26. The molecule has 8 aromatic carbocycles. The van der Waals surface area contributed by atoms with Gasteiger partial charge >= 0.3 is 0 Å². The smallest absolute Gasteiger partial charge is 0.00199 e. The van der Waals surface area contributed by atoms with Gasteiger partial charge < -0.3 is 0 Å². The lowest BCUT2D eigenvalue weighted by Crippen LogP contribution is -2.17. The molecule has 8 aromatic rings. The minimum atomic E-state index is -0.684. The summed E-state index contributed by atoms with van der Waals surface area (Å²) in [5.74, 6) is 0. The third-order valence-electron chi connectivity index (χ3n) is 10.8. The largest absolute Gasteiger partial charge is 0.0622 e. The van der Waals surface area contributed by atoms with Crippen LogP contribution in [0.2, 0.25) is 0 Å². The van der Waals surface area contributed by atoms with Gasteiger partial charge in [-0.3, -0.25) is 0 Å². The van der Waals surface area contributed by atoms with Crippen LogP contribution in [0.4, 0.5) is 0 Å². The number of rotatable bonds is 10. The van der Waals surface area contributed by atoms with Gasteiger partial charge in [0.25, 0.3) is 0 Å². The summed E-state index contributed by atoms with van der Waals surface area (Å²) in [6.45, 7) is 0. The molecule has 0 bridgehead atoms. The standard InChI is InChI=1S/C52H42P2/c1-7-19-39(20-8-1)47-35-33-41-31-32-42-34-36-48(40-21-9-2-10-22-40)50(38-54(45-27-15-5-16-28-45)46-29-17-6-18-30-46)52(42)51(41)49(47)37-53(43-23-11-3-12-24-43)44-25-13-4-14-26-44/h1-30,33-36H,31-32,37-38H2. The van der Waals surface area contributed by atoms with E-state index in [1.807, 2.05) is 0 Å². The van der Waals surface area contributed by atoms with Gasteiger partial charge in [-0.05, 0) is 106 Å². The second kappa shape index (κ2) is 15.9. The zero-order chi connectivity index (χ0) is 36.1. The fourth-order valence-corrected chi connectivity index (χ4v) is 13.0. The van der Waals surface area contributed by atoms with E-state index in [1.54, 1.807) is 0 Å². The van der Waals surface area contributed by atoms with Gasteiger partial charge in [-0.25, -0.2) is 0 Å². The second-order valence-electron chi connectivity index (χ2n) is 14.0. The molecule has 0 aromatic heterocycles. The molecule has 0 spiro atoms. The molecule has 260 valence electrons. The molecule has 0 N–H and O–H groups in total. The average molecular weight is 729 g/mol. The van der Waals surface area contributed by atoms with Gasteiger partial charge in [0.15, 0.2) is 0 Å². The van der Waals surface area contributed by atoms with E-state index in [0.717, 1.165) is 25.2 Å². The monoisotopic (exact) mass is 728 g/mol. The van der Waals surface area contributed by atoms with Gasteiger partial charge in [0, 0.05) is 12.3 Å². The van der Waals surface area contributed by atoms with Crippen molar-refractivity contribution in [3.05, 3.63) is 229 Å². The van der Waals surface area contributed by atoms with Crippen LogP contribution in [0.3, 0.4) is 0 Å². The Labute approximate surface area is 322 Å². The minimum Gasteiger partial charge on any atom is -0.0622 e. The van der Waals surface area contributed by atoms with E-state index in [2.05, 4.69) is 206 Å². The molecule has 0 saturated heterocycles. The number of hydrogen-bond acceptors (Lipinski definition) is 0. The Bertz CT molecular complexity index is 2210. The Morgan fingerprint density at radius 3 is 0.870 bits per heavy atom. The van der Waals surface area contributed by atoms with Gasteiger partial charge in [-0.1, -0.05) is 206 Å². The van der Waals surface area contributed by atoms with Crippen molar-refractivity contribution in [1.82, 2.24) is 0 Å². The van der Waals surface area contributed by atoms with Crippen molar-refractivity contribution in [2.75, 3.05) is 0 Å². The van der Waals surface area contributed by atoms with Crippen molar-refractivity contribution in [1.29, 1.82) is 0 Å². The Morgan fingerprint density at radius 2 is 0.574 bits per heavy atom. The third kappa shape index (κ3) is 7.01. The number of benzene rings is 8. The van der Waals surface area contributed by atoms with Crippen LogP contribution in [0.15, 0.2) is 206 Å². The summed E-state index contributed by atoms with van der Waals surface area (Å²) in [4.78, 5) is 0. The lowest BCUT2D eigenvalue weighted by Gasteiger charge is -2.32. The normalized spacial score (nSPS) is 12.0. The number of hydrogen-bond donors (Lipinski definition) is 0. The molecule has 0 amide bonds. The highest BCUT2D eigenvalue weighted by Crippen LogP contribution is 2.52. The van der Waals surface area contributed by atoms with Crippen LogP contribution in [-0.2, 0) is 25.2 Å². The van der Waals surface area contributed by atoms with Crippen molar-refractivity contribution in [3.8, 4) is 33.4 Å². The van der Waals surface area contributed by atoms with Crippen LogP contribution in [-0.4, -0.2) is 0 Å². The first-order valence-corrected chi connectivity index (χ1v) is 22.0. The molecule has 0 aliphatic heterocycles. The zero-order valence-corrected chi connectivity index (χ0v) is 32.1. The van der Waals surface area contributed by atoms with Crippen LogP contribution in [0.5, 0.6) is 0 Å². The van der Waals surface area contributed by atoms with E-state index in [0.29, 0.717) is 0 Å². The maximum Gasteiger partial charge on any atom is 0.00199 e. The molecular weight excluding hydrogens is 687 g/mol. The minimum absolute atomic E-state index is 0.684. The van der Waals surface area contributed by atoms with Gasteiger partial charge in [0.2, 0.25) is 0 Å². The van der Waals surface area contributed by atoms with Crippen molar-refractivity contribution in [3.63, 3.8) is 0 Å². The Hall–Kier alpha value is -5.38. The molecule has 0 saturated carbocycles. The van der Waals surface area contributed by atoms with E-state index in [4.69, 9.17) is 0 Å². The van der Waals surface area contributed by atoms with Crippen molar-refractivity contribution in [2.45, 2.75) is 25.2 Å². The maximum atomic E-state index is 2.45. The first-order valence-electron chi connectivity index (χ1n) is 19.0. The summed E-state index contributed by atoms with van der Waals surface area (Å²) in [6.07, 6.45) is 4.04. The fraction of sp³-hybridized carbons (Fsp3) is 0.0769. The van der Waals surface area contributed by atoms with Crippen molar-refractivity contribution in [2.24, 2.45) is 0 Å². The summed E-state index contributed by atoms with van der Waals surface area (Å²) in [7, 11) is -1.37. The van der Waals surface area contributed by atoms with Crippen molar-refractivity contribution < 1.29 is 0 Å². The Kier molecular flexibility index (Phi) is 10.1. The van der Waals surface area contributed by atoms with E-state index in [1.165, 1.54) is 76.9 Å². The lowest BCUT2D eigenvalue weighted by molar-refractivity contribution is 0.934. The second-order valence-corrected chi connectivity index (χ2v) is 18.4. The van der Waals surface area contributed by atoms with Gasteiger partial charge in [0.1, 0.15) is 0 Å².